The van der Waals surface area contributed by atoms with E-state index in [2.05, 4.69) is 0 Å². The van der Waals surface area contributed by atoms with Crippen LogP contribution in [0.25, 0.3) is 10.8 Å². The molecule has 4 rings (SSSR count). The SMILES string of the molecule is C[C@@H](C(=O)N1CCCCC1)N1CC[C@H](N(Cl)S(=O)(=O)c2ccc3ccccc3c2)C1=O. The average Bonchev–Trinajstić information content (AvgIpc) is 3.18. The van der Waals surface area contributed by atoms with Gasteiger partial charge in [0.15, 0.2) is 0 Å². The Bertz CT molecular complexity index is 1100. The predicted molar refractivity (Wildman–Crippen MR) is 119 cm³/mol. The molecule has 2 fully saturated rings. The summed E-state index contributed by atoms with van der Waals surface area (Å²) in [6.45, 7) is 3.40. The van der Waals surface area contributed by atoms with Crippen LogP contribution in [0.3, 0.4) is 0 Å². The van der Waals surface area contributed by atoms with Crippen molar-refractivity contribution >= 4 is 44.4 Å². The number of fused-ring (bicyclic) bond motifs is 1. The van der Waals surface area contributed by atoms with Crippen molar-refractivity contribution in [1.29, 1.82) is 0 Å². The molecule has 2 amide bonds. The second kappa shape index (κ2) is 8.76. The van der Waals surface area contributed by atoms with Crippen molar-refractivity contribution in [2.75, 3.05) is 19.6 Å². The summed E-state index contributed by atoms with van der Waals surface area (Å²) in [5.74, 6) is -0.524. The summed E-state index contributed by atoms with van der Waals surface area (Å²) in [6.07, 6.45) is 3.28. The Kier molecular flexibility index (Phi) is 6.23. The zero-order chi connectivity index (χ0) is 22.2. The van der Waals surface area contributed by atoms with Crippen molar-refractivity contribution in [3.8, 4) is 0 Å². The zero-order valence-corrected chi connectivity index (χ0v) is 19.0. The van der Waals surface area contributed by atoms with Gasteiger partial charge in [-0.25, -0.2) is 8.42 Å². The molecule has 0 N–H and O–H groups in total. The van der Waals surface area contributed by atoms with Crippen LogP contribution >= 0.6 is 11.8 Å². The van der Waals surface area contributed by atoms with Gasteiger partial charge in [-0.3, -0.25) is 9.59 Å². The molecule has 31 heavy (non-hydrogen) atoms. The number of carbonyl (C=O) groups is 2. The molecule has 2 aliphatic rings. The molecule has 0 spiro atoms. The number of hydrogen-bond donors (Lipinski definition) is 0. The number of carbonyl (C=O) groups excluding carboxylic acids is 2. The van der Waals surface area contributed by atoms with Gasteiger partial charge in [-0.2, -0.15) is 0 Å². The van der Waals surface area contributed by atoms with Crippen molar-refractivity contribution in [3.63, 3.8) is 0 Å². The summed E-state index contributed by atoms with van der Waals surface area (Å²) >= 11 is 6.26. The van der Waals surface area contributed by atoms with E-state index in [4.69, 9.17) is 11.8 Å². The lowest BCUT2D eigenvalue weighted by molar-refractivity contribution is -0.144. The molecule has 9 heteroatoms. The van der Waals surface area contributed by atoms with Gasteiger partial charge in [0.2, 0.25) is 11.8 Å². The summed E-state index contributed by atoms with van der Waals surface area (Å²) in [7, 11) is -4.08. The van der Waals surface area contributed by atoms with Gasteiger partial charge in [0.05, 0.1) is 4.90 Å². The first-order valence-corrected chi connectivity index (χ1v) is 12.4. The van der Waals surface area contributed by atoms with E-state index in [0.717, 1.165) is 30.0 Å². The first kappa shape index (κ1) is 22.0. The second-order valence-electron chi connectivity index (χ2n) is 8.15. The summed E-state index contributed by atoms with van der Waals surface area (Å²) < 4.78 is 26.9. The molecular weight excluding hydrogens is 438 g/mol. The largest absolute Gasteiger partial charge is 0.341 e. The number of sulfonamides is 1. The van der Waals surface area contributed by atoms with Crippen LogP contribution in [0.1, 0.15) is 32.6 Å². The number of amides is 2. The molecule has 2 aliphatic heterocycles. The molecule has 7 nitrogen and oxygen atoms in total. The van der Waals surface area contributed by atoms with Crippen molar-refractivity contribution in [2.45, 2.75) is 49.6 Å². The van der Waals surface area contributed by atoms with E-state index in [1.807, 2.05) is 24.3 Å². The number of hydrogen-bond acceptors (Lipinski definition) is 4. The molecule has 2 aromatic rings. The van der Waals surface area contributed by atoms with Crippen LogP contribution < -0.4 is 0 Å². The Morgan fingerprint density at radius 2 is 1.74 bits per heavy atom. The molecule has 2 saturated heterocycles. The van der Waals surface area contributed by atoms with Crippen LogP contribution in [0, 0.1) is 0 Å². The number of piperidine rings is 1. The average molecular weight is 464 g/mol. The summed E-state index contributed by atoms with van der Waals surface area (Å²) in [6, 6.07) is 10.5. The van der Waals surface area contributed by atoms with Crippen molar-refractivity contribution in [2.24, 2.45) is 0 Å². The minimum atomic E-state index is -4.08. The van der Waals surface area contributed by atoms with Crippen LogP contribution in [0.5, 0.6) is 0 Å². The van der Waals surface area contributed by atoms with Crippen LogP contribution in [-0.2, 0) is 19.6 Å². The summed E-state index contributed by atoms with van der Waals surface area (Å²) in [5.41, 5.74) is 0. The van der Waals surface area contributed by atoms with E-state index in [1.54, 1.807) is 24.0 Å². The van der Waals surface area contributed by atoms with E-state index >= 15 is 0 Å². The fraction of sp³-hybridized carbons (Fsp3) is 0.455. The quantitative estimate of drug-likeness (QED) is 0.638. The smallest absolute Gasteiger partial charge is 0.257 e. The second-order valence-corrected chi connectivity index (χ2v) is 10.5. The van der Waals surface area contributed by atoms with Crippen molar-refractivity contribution in [3.05, 3.63) is 42.5 Å². The molecule has 0 unspecified atom stereocenters. The molecule has 2 atom stereocenters. The molecule has 0 saturated carbocycles. The zero-order valence-electron chi connectivity index (χ0n) is 17.4. The number of halogens is 1. The predicted octanol–water partition coefficient (Wildman–Crippen LogP) is 2.99. The number of rotatable bonds is 5. The Balaban J connectivity index is 1.51. The summed E-state index contributed by atoms with van der Waals surface area (Å²) in [4.78, 5) is 29.1. The molecule has 166 valence electrons. The normalized spacial score (nSPS) is 21.1. The van der Waals surface area contributed by atoms with E-state index < -0.39 is 28.0 Å². The van der Waals surface area contributed by atoms with Gasteiger partial charge in [-0.05, 0) is 67.3 Å². The van der Waals surface area contributed by atoms with Crippen LogP contribution in [0.4, 0.5) is 0 Å². The maximum atomic E-state index is 13.1. The third-order valence-corrected chi connectivity index (χ3v) is 8.54. The van der Waals surface area contributed by atoms with Crippen LogP contribution in [0.15, 0.2) is 47.4 Å². The van der Waals surface area contributed by atoms with Gasteiger partial charge in [0.1, 0.15) is 12.1 Å². The Morgan fingerprint density at radius 1 is 1.06 bits per heavy atom. The monoisotopic (exact) mass is 463 g/mol. The molecule has 2 heterocycles. The third-order valence-electron chi connectivity index (χ3n) is 6.20. The van der Waals surface area contributed by atoms with Gasteiger partial charge in [-0.15, -0.1) is 0 Å². The molecule has 0 radical (unpaired) electrons. The lowest BCUT2D eigenvalue weighted by atomic mass is 10.1. The van der Waals surface area contributed by atoms with Crippen molar-refractivity contribution in [1.82, 2.24) is 13.6 Å². The van der Waals surface area contributed by atoms with E-state index in [-0.39, 0.29) is 17.2 Å². The van der Waals surface area contributed by atoms with Gasteiger partial charge < -0.3 is 9.80 Å². The number of nitrogens with zero attached hydrogens (tertiary/aromatic N) is 3. The lowest BCUT2D eigenvalue weighted by Gasteiger charge is -2.33. The fourth-order valence-corrected chi connectivity index (χ4v) is 6.04. The Hall–Kier alpha value is -2.16. The minimum absolute atomic E-state index is 0.0323. The lowest BCUT2D eigenvalue weighted by Crippen LogP contribution is -2.51. The molecule has 0 aliphatic carbocycles. The molecular formula is C22H26ClN3O4S. The fourth-order valence-electron chi connectivity index (χ4n) is 4.37. The number of benzene rings is 2. The van der Waals surface area contributed by atoms with Gasteiger partial charge >= 0.3 is 0 Å². The highest BCUT2D eigenvalue weighted by Crippen LogP contribution is 2.29. The molecule has 0 bridgehead atoms. The number of likely N-dealkylation sites (tertiary alicyclic amines) is 2. The first-order valence-electron chi connectivity index (χ1n) is 10.6. The highest BCUT2D eigenvalue weighted by atomic mass is 35.5. The maximum absolute atomic E-state index is 13.1. The van der Waals surface area contributed by atoms with E-state index in [1.165, 1.54) is 11.0 Å². The van der Waals surface area contributed by atoms with Gasteiger partial charge in [-0.1, -0.05) is 34.2 Å². The topological polar surface area (TPSA) is 78.0 Å². The van der Waals surface area contributed by atoms with Gasteiger partial charge in [0.25, 0.3) is 10.0 Å². The maximum Gasteiger partial charge on any atom is 0.257 e. The van der Waals surface area contributed by atoms with Crippen molar-refractivity contribution < 1.29 is 18.0 Å². The summed E-state index contributed by atoms with van der Waals surface area (Å²) in [5, 5.41) is 1.68. The third kappa shape index (κ3) is 4.16. The van der Waals surface area contributed by atoms with E-state index in [9.17, 15) is 18.0 Å². The molecule has 2 aromatic carbocycles. The minimum Gasteiger partial charge on any atom is -0.341 e. The first-order chi connectivity index (χ1) is 14.8. The van der Waals surface area contributed by atoms with Gasteiger partial charge in [0, 0.05) is 19.6 Å². The highest BCUT2D eigenvalue weighted by Gasteiger charge is 2.44. The highest BCUT2D eigenvalue weighted by molar-refractivity contribution is 7.90. The van der Waals surface area contributed by atoms with Crippen LogP contribution in [0.2, 0.25) is 0 Å². The molecule has 0 aromatic heterocycles. The Morgan fingerprint density at radius 3 is 2.45 bits per heavy atom. The Labute approximate surface area is 187 Å². The van der Waals surface area contributed by atoms with Crippen LogP contribution in [-0.4, -0.2) is 65.6 Å². The standard InChI is InChI=1S/C22H26ClN3O4S/c1-16(21(27)24-12-5-2-6-13-24)25-14-11-20(22(25)28)26(23)31(29,30)19-10-9-17-7-3-4-8-18(17)15-19/h3-4,7-10,15-16,20H,2,5-6,11-14H2,1H3/t16-,20-/m0/s1. The van der Waals surface area contributed by atoms with E-state index in [0.29, 0.717) is 23.5 Å².